The van der Waals surface area contributed by atoms with Gasteiger partial charge in [0, 0.05) is 30.3 Å². The zero-order chi connectivity index (χ0) is 18.0. The van der Waals surface area contributed by atoms with E-state index in [2.05, 4.69) is 0 Å². The standard InChI is InChI=1S/C19H21NO5/c1-24-14-5-12(6-15(9-14)25-2)10-20-4-3-16-17(19(20)23)7-13(11-21)8-18(16)22/h5-9,21-22H,3-4,10-11H2,1-2H3. The highest BCUT2D eigenvalue weighted by molar-refractivity contribution is 5.97. The van der Waals surface area contributed by atoms with Crippen LogP contribution in [0, 0.1) is 0 Å². The van der Waals surface area contributed by atoms with E-state index in [1.807, 2.05) is 12.1 Å². The van der Waals surface area contributed by atoms with Crippen LogP contribution in [0.4, 0.5) is 0 Å². The van der Waals surface area contributed by atoms with Crippen LogP contribution in [0.15, 0.2) is 30.3 Å². The molecule has 2 aromatic rings. The molecule has 0 aromatic heterocycles. The van der Waals surface area contributed by atoms with Crippen LogP contribution in [0.5, 0.6) is 17.2 Å². The normalized spacial score (nSPS) is 13.6. The number of fused-ring (bicyclic) bond motifs is 1. The van der Waals surface area contributed by atoms with Gasteiger partial charge >= 0.3 is 0 Å². The van der Waals surface area contributed by atoms with Crippen molar-refractivity contribution in [1.82, 2.24) is 4.90 Å². The third kappa shape index (κ3) is 3.39. The highest BCUT2D eigenvalue weighted by Crippen LogP contribution is 2.30. The third-order valence-electron chi connectivity index (χ3n) is 4.40. The van der Waals surface area contributed by atoms with E-state index < -0.39 is 0 Å². The van der Waals surface area contributed by atoms with Crippen LogP contribution in [0.1, 0.15) is 27.0 Å². The lowest BCUT2D eigenvalue weighted by Crippen LogP contribution is -2.37. The maximum atomic E-state index is 12.8. The Labute approximate surface area is 146 Å². The van der Waals surface area contributed by atoms with Crippen LogP contribution in [0.2, 0.25) is 0 Å². The van der Waals surface area contributed by atoms with E-state index in [4.69, 9.17) is 9.47 Å². The average Bonchev–Trinajstić information content (AvgIpc) is 2.63. The van der Waals surface area contributed by atoms with E-state index in [1.165, 1.54) is 6.07 Å². The summed E-state index contributed by atoms with van der Waals surface area (Å²) in [5, 5.41) is 19.4. The van der Waals surface area contributed by atoms with Gasteiger partial charge in [-0.2, -0.15) is 0 Å². The van der Waals surface area contributed by atoms with Crippen LogP contribution >= 0.6 is 0 Å². The van der Waals surface area contributed by atoms with E-state index in [1.54, 1.807) is 31.3 Å². The Morgan fingerprint density at radius 2 is 1.72 bits per heavy atom. The van der Waals surface area contributed by atoms with Crippen LogP contribution < -0.4 is 9.47 Å². The highest BCUT2D eigenvalue weighted by Gasteiger charge is 2.27. The number of carbonyl (C=O) groups excluding carboxylic acids is 1. The fraction of sp³-hybridized carbons (Fsp3) is 0.316. The maximum Gasteiger partial charge on any atom is 0.254 e. The molecule has 0 unspecified atom stereocenters. The summed E-state index contributed by atoms with van der Waals surface area (Å²) in [6.45, 7) is 0.703. The molecule has 2 N–H and O–H groups in total. The molecule has 0 spiro atoms. The second-order valence-corrected chi connectivity index (χ2v) is 6.00. The first-order valence-corrected chi connectivity index (χ1v) is 8.02. The minimum atomic E-state index is -0.221. The molecule has 1 aliphatic rings. The van der Waals surface area contributed by atoms with E-state index >= 15 is 0 Å². The molecule has 0 saturated carbocycles. The number of hydrogen-bond donors (Lipinski definition) is 2. The van der Waals surface area contributed by atoms with Crippen molar-refractivity contribution in [2.75, 3.05) is 20.8 Å². The van der Waals surface area contributed by atoms with Crippen molar-refractivity contribution >= 4 is 5.91 Å². The molecular weight excluding hydrogens is 322 g/mol. The molecule has 6 heteroatoms. The molecule has 2 aromatic carbocycles. The number of phenols is 1. The molecule has 0 fully saturated rings. The second-order valence-electron chi connectivity index (χ2n) is 6.00. The lowest BCUT2D eigenvalue weighted by molar-refractivity contribution is 0.0725. The predicted octanol–water partition coefficient (Wildman–Crippen LogP) is 2.10. The molecule has 0 radical (unpaired) electrons. The van der Waals surface area contributed by atoms with Gasteiger partial charge in [0.1, 0.15) is 17.2 Å². The number of ether oxygens (including phenoxy) is 2. The van der Waals surface area contributed by atoms with Crippen molar-refractivity contribution < 1.29 is 24.5 Å². The molecule has 1 aliphatic heterocycles. The number of aliphatic hydroxyl groups is 1. The lowest BCUT2D eigenvalue weighted by atomic mass is 9.95. The summed E-state index contributed by atoms with van der Waals surface area (Å²) in [7, 11) is 3.17. The summed E-state index contributed by atoms with van der Waals surface area (Å²) < 4.78 is 10.5. The van der Waals surface area contributed by atoms with Gasteiger partial charge in [-0.05, 0) is 41.8 Å². The SMILES string of the molecule is COc1cc(CN2CCc3c(O)cc(CO)cc3C2=O)cc(OC)c1. The minimum absolute atomic E-state index is 0.0672. The summed E-state index contributed by atoms with van der Waals surface area (Å²) >= 11 is 0. The van der Waals surface area contributed by atoms with Crippen molar-refractivity contribution in [2.45, 2.75) is 19.6 Å². The molecule has 0 bridgehead atoms. The summed E-state index contributed by atoms with van der Waals surface area (Å²) in [6, 6.07) is 8.67. The van der Waals surface area contributed by atoms with Crippen molar-refractivity contribution in [2.24, 2.45) is 0 Å². The average molecular weight is 343 g/mol. The van der Waals surface area contributed by atoms with Gasteiger partial charge in [0.05, 0.1) is 20.8 Å². The van der Waals surface area contributed by atoms with Gasteiger partial charge in [-0.1, -0.05) is 0 Å². The number of carbonyl (C=O) groups is 1. The van der Waals surface area contributed by atoms with Crippen molar-refractivity contribution in [3.8, 4) is 17.2 Å². The number of rotatable bonds is 5. The number of aromatic hydroxyl groups is 1. The summed E-state index contributed by atoms with van der Waals surface area (Å²) in [6.07, 6.45) is 0.569. The molecule has 6 nitrogen and oxygen atoms in total. The maximum absolute atomic E-state index is 12.8. The largest absolute Gasteiger partial charge is 0.508 e. The van der Waals surface area contributed by atoms with Gasteiger partial charge in [-0.15, -0.1) is 0 Å². The number of methoxy groups -OCH3 is 2. The Morgan fingerprint density at radius 3 is 2.32 bits per heavy atom. The van der Waals surface area contributed by atoms with E-state index in [9.17, 15) is 15.0 Å². The summed E-state index contributed by atoms with van der Waals surface area (Å²) in [4.78, 5) is 14.5. The molecule has 0 atom stereocenters. The van der Waals surface area contributed by atoms with E-state index in [-0.39, 0.29) is 18.3 Å². The Kier molecular flexibility index (Phi) is 4.81. The van der Waals surface area contributed by atoms with Crippen molar-refractivity contribution in [3.63, 3.8) is 0 Å². The first-order chi connectivity index (χ1) is 12.0. The highest BCUT2D eigenvalue weighted by atomic mass is 16.5. The number of nitrogens with zero attached hydrogens (tertiary/aromatic N) is 1. The topological polar surface area (TPSA) is 79.2 Å². The van der Waals surface area contributed by atoms with E-state index in [0.29, 0.717) is 47.7 Å². The van der Waals surface area contributed by atoms with Crippen molar-refractivity contribution in [1.29, 1.82) is 0 Å². The fourth-order valence-electron chi connectivity index (χ4n) is 3.11. The van der Waals surface area contributed by atoms with Gasteiger partial charge in [0.25, 0.3) is 5.91 Å². The van der Waals surface area contributed by atoms with Gasteiger partial charge in [0.15, 0.2) is 0 Å². The van der Waals surface area contributed by atoms with Crippen LogP contribution in [0.25, 0.3) is 0 Å². The minimum Gasteiger partial charge on any atom is -0.508 e. The monoisotopic (exact) mass is 343 g/mol. The zero-order valence-corrected chi connectivity index (χ0v) is 14.3. The molecule has 25 heavy (non-hydrogen) atoms. The van der Waals surface area contributed by atoms with Gasteiger partial charge in [-0.25, -0.2) is 0 Å². The fourth-order valence-corrected chi connectivity index (χ4v) is 3.11. The van der Waals surface area contributed by atoms with Crippen LogP contribution in [0.3, 0.4) is 0 Å². The van der Waals surface area contributed by atoms with Gasteiger partial charge < -0.3 is 24.6 Å². The van der Waals surface area contributed by atoms with Crippen molar-refractivity contribution in [3.05, 3.63) is 52.6 Å². The summed E-state index contributed by atoms with van der Waals surface area (Å²) in [5.41, 5.74) is 2.51. The molecule has 132 valence electrons. The number of aliphatic hydroxyl groups excluding tert-OH is 1. The van der Waals surface area contributed by atoms with Gasteiger partial charge in [-0.3, -0.25) is 4.79 Å². The smallest absolute Gasteiger partial charge is 0.254 e. The lowest BCUT2D eigenvalue weighted by Gasteiger charge is -2.29. The first-order valence-electron chi connectivity index (χ1n) is 8.02. The quantitative estimate of drug-likeness (QED) is 0.869. The summed E-state index contributed by atoms with van der Waals surface area (Å²) in [5.74, 6) is 1.24. The molecular formula is C19H21NO5. The Balaban J connectivity index is 1.89. The Hall–Kier alpha value is -2.73. The predicted molar refractivity (Wildman–Crippen MR) is 92.0 cm³/mol. The molecule has 0 saturated heterocycles. The van der Waals surface area contributed by atoms with Crippen LogP contribution in [-0.4, -0.2) is 41.8 Å². The molecule has 1 amide bonds. The second kappa shape index (κ2) is 7.03. The molecule has 0 aliphatic carbocycles. The van der Waals surface area contributed by atoms with E-state index in [0.717, 1.165) is 5.56 Å². The van der Waals surface area contributed by atoms with Gasteiger partial charge in [0.2, 0.25) is 0 Å². The number of benzene rings is 2. The molecule has 3 rings (SSSR count). The number of phenolic OH excluding ortho intramolecular Hbond substituents is 1. The Bertz CT molecular complexity index is 780. The third-order valence-corrected chi connectivity index (χ3v) is 4.40. The first kappa shape index (κ1) is 17.1. The zero-order valence-electron chi connectivity index (χ0n) is 14.3. The number of hydrogen-bond acceptors (Lipinski definition) is 5. The number of amides is 1. The Morgan fingerprint density at radius 1 is 1.04 bits per heavy atom. The van der Waals surface area contributed by atoms with Crippen LogP contribution in [-0.2, 0) is 19.6 Å². The molecule has 1 heterocycles.